The van der Waals surface area contributed by atoms with Gasteiger partial charge in [0.1, 0.15) is 16.9 Å². The number of halogens is 1. The average Bonchev–Trinajstić information content (AvgIpc) is 2.57. The SMILES string of the molecule is C[N+]1(C)SC=CC=C(S(=O)(=O)c2ccc(Br)cc2)C1C(=O)O. The van der Waals surface area contributed by atoms with Crippen LogP contribution < -0.4 is 0 Å². The first kappa shape index (κ1) is 17.3. The Balaban J connectivity index is 2.60. The van der Waals surface area contributed by atoms with Crippen LogP contribution in [0.3, 0.4) is 0 Å². The third-order valence-corrected chi connectivity index (χ3v) is 6.67. The fraction of sp³-hybridized carbons (Fsp3) is 0.214. The normalized spacial score (nSPS) is 21.0. The number of rotatable bonds is 3. The minimum Gasteiger partial charge on any atom is -0.477 e. The van der Waals surface area contributed by atoms with Gasteiger partial charge in [0.15, 0.2) is 0 Å². The zero-order valence-corrected chi connectivity index (χ0v) is 15.2. The van der Waals surface area contributed by atoms with Crippen LogP contribution in [0.4, 0.5) is 0 Å². The van der Waals surface area contributed by atoms with E-state index in [1.807, 2.05) is 0 Å². The molecule has 1 aromatic rings. The van der Waals surface area contributed by atoms with Crippen LogP contribution in [-0.4, -0.2) is 43.5 Å². The summed E-state index contributed by atoms with van der Waals surface area (Å²) in [7, 11) is -0.547. The first-order valence-electron chi connectivity index (χ1n) is 6.28. The van der Waals surface area contributed by atoms with Gasteiger partial charge in [0.05, 0.1) is 19.0 Å². The monoisotopic (exact) mass is 404 g/mol. The molecule has 0 bridgehead atoms. The molecule has 22 heavy (non-hydrogen) atoms. The summed E-state index contributed by atoms with van der Waals surface area (Å²) in [6.45, 7) is 0. The number of hydrogen-bond donors (Lipinski definition) is 1. The molecule has 0 aromatic heterocycles. The van der Waals surface area contributed by atoms with Gasteiger partial charge >= 0.3 is 5.97 Å². The highest BCUT2D eigenvalue weighted by Crippen LogP contribution is 2.35. The number of allylic oxidation sites excluding steroid dienone is 2. The Hall–Kier alpha value is -1.09. The van der Waals surface area contributed by atoms with E-state index in [1.54, 1.807) is 37.7 Å². The number of carboxylic acid groups (broad SMARTS) is 1. The van der Waals surface area contributed by atoms with E-state index in [0.29, 0.717) is 0 Å². The van der Waals surface area contributed by atoms with Crippen LogP contribution >= 0.6 is 27.9 Å². The number of benzene rings is 1. The predicted molar refractivity (Wildman–Crippen MR) is 89.7 cm³/mol. The molecule has 1 N–H and O–H groups in total. The average molecular weight is 405 g/mol. The van der Waals surface area contributed by atoms with E-state index in [4.69, 9.17) is 0 Å². The standard InChI is InChI=1S/C14H14BrNO4S2/c1-16(2)13(14(17)18)12(4-3-9-21-16)22(19,20)11-7-5-10(15)6-8-11/h3-9,13H,1-2H3/p+1. The quantitative estimate of drug-likeness (QED) is 0.619. The summed E-state index contributed by atoms with van der Waals surface area (Å²) in [6.07, 6.45) is 2.94. The molecule has 0 spiro atoms. The van der Waals surface area contributed by atoms with E-state index in [1.165, 1.54) is 30.2 Å². The summed E-state index contributed by atoms with van der Waals surface area (Å²) < 4.78 is 26.4. The molecule has 1 unspecified atom stereocenters. The Morgan fingerprint density at radius 2 is 1.86 bits per heavy atom. The number of carboxylic acids is 1. The Morgan fingerprint density at radius 3 is 2.41 bits per heavy atom. The van der Waals surface area contributed by atoms with Gasteiger partial charge in [0.2, 0.25) is 15.9 Å². The molecule has 0 saturated carbocycles. The number of sulfone groups is 1. The van der Waals surface area contributed by atoms with E-state index in [-0.39, 0.29) is 13.7 Å². The summed E-state index contributed by atoms with van der Waals surface area (Å²) in [6, 6.07) is 4.96. The Bertz CT molecular complexity index is 752. The zero-order chi connectivity index (χ0) is 16.5. The molecular weight excluding hydrogens is 390 g/mol. The maximum atomic E-state index is 12.9. The van der Waals surface area contributed by atoms with E-state index < -0.39 is 21.8 Å². The van der Waals surface area contributed by atoms with Crippen molar-refractivity contribution in [1.82, 2.24) is 0 Å². The number of quaternary nitrogens is 1. The second-order valence-electron chi connectivity index (χ2n) is 5.14. The predicted octanol–water partition coefficient (Wildman–Crippen LogP) is 2.81. The van der Waals surface area contributed by atoms with E-state index in [0.717, 1.165) is 4.47 Å². The smallest absolute Gasteiger partial charge is 0.369 e. The maximum absolute atomic E-state index is 12.9. The van der Waals surface area contributed by atoms with E-state index in [9.17, 15) is 18.3 Å². The van der Waals surface area contributed by atoms with Crippen molar-refractivity contribution in [3.63, 3.8) is 0 Å². The molecule has 2 rings (SSSR count). The Morgan fingerprint density at radius 1 is 1.27 bits per heavy atom. The van der Waals surface area contributed by atoms with Crippen molar-refractivity contribution in [3.8, 4) is 0 Å². The number of aliphatic carboxylic acids is 1. The molecule has 0 fully saturated rings. The number of carbonyl (C=O) groups is 1. The largest absolute Gasteiger partial charge is 0.477 e. The molecule has 1 aromatic carbocycles. The zero-order valence-electron chi connectivity index (χ0n) is 11.9. The summed E-state index contributed by atoms with van der Waals surface area (Å²) in [5, 5.41) is 11.2. The second kappa shape index (κ2) is 6.19. The van der Waals surface area contributed by atoms with Gasteiger partial charge < -0.3 is 5.11 Å². The van der Waals surface area contributed by atoms with Gasteiger partial charge in [-0.2, -0.15) is 0 Å². The molecule has 1 aliphatic rings. The maximum Gasteiger partial charge on any atom is 0.369 e. The highest BCUT2D eigenvalue weighted by atomic mass is 79.9. The molecular formula is C14H15BrNO4S2+. The summed E-state index contributed by atoms with van der Waals surface area (Å²) >= 11 is 4.50. The first-order chi connectivity index (χ1) is 10.2. The fourth-order valence-electron chi connectivity index (χ4n) is 2.16. The van der Waals surface area contributed by atoms with Crippen LogP contribution in [0, 0.1) is 0 Å². The molecule has 5 nitrogen and oxygen atoms in total. The minimum absolute atomic E-state index is 0.0482. The molecule has 0 saturated heterocycles. The molecule has 1 aliphatic heterocycles. The lowest BCUT2D eigenvalue weighted by molar-refractivity contribution is -0.762. The number of likely N-dealkylation sites (N-methyl/N-ethyl adjacent to an activating group) is 1. The summed E-state index contributed by atoms with van der Waals surface area (Å²) in [5.74, 6) is -1.17. The van der Waals surface area contributed by atoms with Gasteiger partial charge in [0.25, 0.3) is 0 Å². The minimum atomic E-state index is -3.89. The van der Waals surface area contributed by atoms with Gasteiger partial charge in [-0.25, -0.2) is 17.1 Å². The lowest BCUT2D eigenvalue weighted by atomic mass is 10.2. The summed E-state index contributed by atoms with van der Waals surface area (Å²) in [4.78, 5) is 11.7. The lowest BCUT2D eigenvalue weighted by Gasteiger charge is -2.31. The van der Waals surface area contributed by atoms with Gasteiger partial charge in [-0.05, 0) is 36.4 Å². The van der Waals surface area contributed by atoms with Crippen molar-refractivity contribution >= 4 is 43.7 Å². The van der Waals surface area contributed by atoms with Crippen molar-refractivity contribution in [3.05, 3.63) is 51.2 Å². The van der Waals surface area contributed by atoms with Crippen LogP contribution in [0.25, 0.3) is 0 Å². The van der Waals surface area contributed by atoms with Gasteiger partial charge in [0, 0.05) is 9.88 Å². The van der Waals surface area contributed by atoms with Crippen molar-refractivity contribution in [1.29, 1.82) is 0 Å². The fourth-order valence-corrected chi connectivity index (χ4v) is 4.96. The van der Waals surface area contributed by atoms with Gasteiger partial charge in [-0.15, -0.1) is 0 Å². The Labute approximate surface area is 142 Å². The first-order valence-corrected chi connectivity index (χ1v) is 9.40. The molecule has 118 valence electrons. The highest BCUT2D eigenvalue weighted by Gasteiger charge is 2.45. The number of hydrogen-bond acceptors (Lipinski definition) is 4. The third kappa shape index (κ3) is 3.29. The van der Waals surface area contributed by atoms with Crippen LogP contribution in [0.15, 0.2) is 56.1 Å². The van der Waals surface area contributed by atoms with Crippen molar-refractivity contribution < 1.29 is 22.2 Å². The van der Waals surface area contributed by atoms with E-state index >= 15 is 0 Å². The summed E-state index contributed by atoms with van der Waals surface area (Å²) in [5.41, 5.74) is 0. The van der Waals surface area contributed by atoms with Crippen LogP contribution in [0.1, 0.15) is 0 Å². The molecule has 0 radical (unpaired) electrons. The van der Waals surface area contributed by atoms with Gasteiger partial charge in [-0.3, -0.25) is 0 Å². The molecule has 0 aliphatic carbocycles. The highest BCUT2D eigenvalue weighted by molar-refractivity contribution is 9.10. The van der Waals surface area contributed by atoms with Gasteiger partial charge in [-0.1, -0.05) is 15.9 Å². The second-order valence-corrected chi connectivity index (χ2v) is 9.42. The molecule has 0 amide bonds. The van der Waals surface area contributed by atoms with E-state index in [2.05, 4.69) is 15.9 Å². The van der Waals surface area contributed by atoms with Crippen molar-refractivity contribution in [2.24, 2.45) is 0 Å². The molecule has 8 heteroatoms. The van der Waals surface area contributed by atoms with Crippen LogP contribution in [-0.2, 0) is 14.6 Å². The van der Waals surface area contributed by atoms with Crippen molar-refractivity contribution in [2.45, 2.75) is 10.9 Å². The van der Waals surface area contributed by atoms with Crippen LogP contribution in [0.2, 0.25) is 0 Å². The number of nitrogens with zero attached hydrogens (tertiary/aromatic N) is 1. The van der Waals surface area contributed by atoms with Crippen molar-refractivity contribution in [2.75, 3.05) is 14.1 Å². The topological polar surface area (TPSA) is 71.4 Å². The molecule has 1 heterocycles. The molecule has 1 atom stereocenters. The third-order valence-electron chi connectivity index (χ3n) is 3.23. The Kier molecular flexibility index (Phi) is 4.86. The van der Waals surface area contributed by atoms with Crippen LogP contribution in [0.5, 0.6) is 0 Å². The lowest BCUT2D eigenvalue weighted by Crippen LogP contribution is -2.49.